The molecule has 0 amide bonds. The van der Waals surface area contributed by atoms with Crippen LogP contribution in [0.25, 0.3) is 0 Å². The predicted molar refractivity (Wildman–Crippen MR) is 44.6 cm³/mol. The van der Waals surface area contributed by atoms with Crippen LogP contribution in [0.3, 0.4) is 0 Å². The van der Waals surface area contributed by atoms with Crippen molar-refractivity contribution in [2.45, 2.75) is 29.9 Å². The summed E-state index contributed by atoms with van der Waals surface area (Å²) in [5, 5.41) is 0. The van der Waals surface area contributed by atoms with Crippen molar-refractivity contribution < 1.29 is 4.74 Å². The summed E-state index contributed by atoms with van der Waals surface area (Å²) in [5.74, 6) is 3.91. The van der Waals surface area contributed by atoms with Crippen molar-refractivity contribution in [3.8, 4) is 0 Å². The third-order valence-corrected chi connectivity index (χ3v) is 5.49. The Balaban J connectivity index is 1.80. The summed E-state index contributed by atoms with van der Waals surface area (Å²) in [6.07, 6.45) is 4.32. The van der Waals surface area contributed by atoms with Gasteiger partial charge in [-0.15, -0.1) is 0 Å². The monoisotopic (exact) mass is 214 g/mol. The van der Waals surface area contributed by atoms with Gasteiger partial charge in [0.25, 0.3) is 0 Å². The Morgan fingerprint density at radius 2 is 1.55 bits per heavy atom. The third kappa shape index (κ3) is 0.531. The number of rotatable bonds is 0. The molecule has 0 aromatic rings. The molecule has 7 atom stereocenters. The molecule has 1 aliphatic heterocycles. The Hall–Kier alpha value is 0.440. The maximum Gasteiger partial charge on any atom is 0.0876 e. The first-order chi connectivity index (χ1) is 5.38. The molecular formula is C9H11BrO. The first-order valence-corrected chi connectivity index (χ1v) is 5.59. The standard InChI is InChI=1S/C9H11BrO/c10-7-5-3-1-2-4(6(5)7)9-8(3)11-9/h3-9H,1-2H2/t3-,4-,5-,6+,7?,8-,9+/m1/s1. The zero-order chi connectivity index (χ0) is 7.16. The minimum Gasteiger partial charge on any atom is -0.369 e. The van der Waals surface area contributed by atoms with Crippen LogP contribution < -0.4 is 0 Å². The van der Waals surface area contributed by atoms with E-state index in [2.05, 4.69) is 15.9 Å². The number of fused-ring (bicyclic) bond motifs is 1. The third-order valence-electron chi connectivity index (χ3n) is 4.27. The van der Waals surface area contributed by atoms with E-state index in [1.54, 1.807) is 0 Å². The van der Waals surface area contributed by atoms with Crippen molar-refractivity contribution in [1.29, 1.82) is 0 Å². The fourth-order valence-electron chi connectivity index (χ4n) is 3.72. The lowest BCUT2D eigenvalue weighted by atomic mass is 9.71. The second kappa shape index (κ2) is 1.56. The largest absolute Gasteiger partial charge is 0.369 e. The Bertz CT molecular complexity index is 208. The predicted octanol–water partition coefficient (Wildman–Crippen LogP) is 1.80. The Kier molecular flexibility index (Phi) is 0.847. The quantitative estimate of drug-likeness (QED) is 0.443. The lowest BCUT2D eigenvalue weighted by molar-refractivity contribution is 0.202. The van der Waals surface area contributed by atoms with Gasteiger partial charge in [0.2, 0.25) is 0 Å². The van der Waals surface area contributed by atoms with E-state index in [-0.39, 0.29) is 0 Å². The van der Waals surface area contributed by atoms with E-state index in [1.807, 2.05) is 0 Å². The molecule has 1 nitrogen and oxygen atoms in total. The van der Waals surface area contributed by atoms with Crippen LogP contribution in [0.4, 0.5) is 0 Å². The molecule has 5 fully saturated rings. The second-order valence-corrected chi connectivity index (χ2v) is 5.63. The van der Waals surface area contributed by atoms with Crippen LogP contribution in [0.2, 0.25) is 0 Å². The fraction of sp³-hybridized carbons (Fsp3) is 1.00. The summed E-state index contributed by atoms with van der Waals surface area (Å²) in [7, 11) is 0. The molecule has 1 heterocycles. The molecule has 60 valence electrons. The molecule has 4 saturated carbocycles. The molecule has 0 aromatic heterocycles. The van der Waals surface area contributed by atoms with E-state index in [1.165, 1.54) is 12.8 Å². The van der Waals surface area contributed by atoms with Crippen LogP contribution in [-0.2, 0) is 4.74 Å². The Morgan fingerprint density at radius 1 is 1.00 bits per heavy atom. The highest BCUT2D eigenvalue weighted by molar-refractivity contribution is 9.09. The zero-order valence-electron chi connectivity index (χ0n) is 6.24. The van der Waals surface area contributed by atoms with Crippen molar-refractivity contribution >= 4 is 15.9 Å². The highest BCUT2D eigenvalue weighted by atomic mass is 79.9. The van der Waals surface area contributed by atoms with Crippen LogP contribution in [-0.4, -0.2) is 17.0 Å². The van der Waals surface area contributed by atoms with Gasteiger partial charge in [0, 0.05) is 4.83 Å². The maximum atomic E-state index is 5.69. The summed E-state index contributed by atoms with van der Waals surface area (Å²) in [5.41, 5.74) is 0. The molecule has 0 N–H and O–H groups in total. The van der Waals surface area contributed by atoms with E-state index >= 15 is 0 Å². The SMILES string of the molecule is BrC1[C@@H]2[C@H]3CC[C@@H]([C@@H]4O[C@H]34)[C@H]12. The summed E-state index contributed by atoms with van der Waals surface area (Å²) >= 11 is 3.79. The van der Waals surface area contributed by atoms with Gasteiger partial charge < -0.3 is 4.74 Å². The molecule has 0 aromatic carbocycles. The van der Waals surface area contributed by atoms with Gasteiger partial charge in [-0.3, -0.25) is 0 Å². The normalized spacial score (nSPS) is 75.5. The maximum absolute atomic E-state index is 5.69. The molecule has 11 heavy (non-hydrogen) atoms. The van der Waals surface area contributed by atoms with Crippen LogP contribution >= 0.6 is 15.9 Å². The van der Waals surface area contributed by atoms with E-state index < -0.39 is 0 Å². The zero-order valence-corrected chi connectivity index (χ0v) is 7.83. The van der Waals surface area contributed by atoms with Crippen LogP contribution in [0.1, 0.15) is 12.8 Å². The minimum atomic E-state index is 0.706. The van der Waals surface area contributed by atoms with Crippen LogP contribution in [0.5, 0.6) is 0 Å². The highest BCUT2D eigenvalue weighted by Crippen LogP contribution is 2.70. The van der Waals surface area contributed by atoms with Crippen molar-refractivity contribution in [2.24, 2.45) is 23.7 Å². The summed E-state index contributed by atoms with van der Waals surface area (Å²) < 4.78 is 5.69. The van der Waals surface area contributed by atoms with Crippen molar-refractivity contribution in [2.75, 3.05) is 0 Å². The molecule has 4 aliphatic carbocycles. The fourth-order valence-corrected chi connectivity index (χ4v) is 5.04. The molecule has 2 heteroatoms. The molecule has 5 rings (SSSR count). The van der Waals surface area contributed by atoms with Gasteiger partial charge in [-0.25, -0.2) is 0 Å². The van der Waals surface area contributed by atoms with Gasteiger partial charge in [0.1, 0.15) is 0 Å². The summed E-state index contributed by atoms with van der Waals surface area (Å²) in [6, 6.07) is 0. The molecule has 1 unspecified atom stereocenters. The summed E-state index contributed by atoms with van der Waals surface area (Å²) in [6.45, 7) is 0. The highest BCUT2D eigenvalue weighted by Gasteiger charge is 2.72. The van der Waals surface area contributed by atoms with Gasteiger partial charge in [0.15, 0.2) is 0 Å². The summed E-state index contributed by atoms with van der Waals surface area (Å²) in [4.78, 5) is 0.872. The molecule has 1 saturated heterocycles. The van der Waals surface area contributed by atoms with Crippen molar-refractivity contribution in [1.82, 2.24) is 0 Å². The van der Waals surface area contributed by atoms with E-state index in [9.17, 15) is 0 Å². The molecule has 5 aliphatic rings. The van der Waals surface area contributed by atoms with E-state index in [0.29, 0.717) is 12.2 Å². The Morgan fingerprint density at radius 3 is 2.09 bits per heavy atom. The number of hydrogen-bond donors (Lipinski definition) is 0. The first-order valence-electron chi connectivity index (χ1n) is 4.67. The lowest BCUT2D eigenvalue weighted by Gasteiger charge is -2.30. The van der Waals surface area contributed by atoms with Gasteiger partial charge >= 0.3 is 0 Å². The smallest absolute Gasteiger partial charge is 0.0876 e. The molecular weight excluding hydrogens is 204 g/mol. The average molecular weight is 215 g/mol. The Labute approximate surface area is 74.6 Å². The van der Waals surface area contributed by atoms with Crippen LogP contribution in [0, 0.1) is 23.7 Å². The number of alkyl halides is 1. The molecule has 0 radical (unpaired) electrons. The van der Waals surface area contributed by atoms with Gasteiger partial charge in [0.05, 0.1) is 12.2 Å². The van der Waals surface area contributed by atoms with E-state index in [0.717, 1.165) is 28.5 Å². The van der Waals surface area contributed by atoms with Gasteiger partial charge in [-0.1, -0.05) is 15.9 Å². The average Bonchev–Trinajstić information content (AvgIpc) is 2.85. The van der Waals surface area contributed by atoms with Crippen LogP contribution in [0.15, 0.2) is 0 Å². The van der Waals surface area contributed by atoms with Crippen molar-refractivity contribution in [3.63, 3.8) is 0 Å². The second-order valence-electron chi connectivity index (χ2n) is 4.57. The topological polar surface area (TPSA) is 12.5 Å². The number of halogens is 1. The number of hydrogen-bond acceptors (Lipinski definition) is 1. The molecule has 0 spiro atoms. The van der Waals surface area contributed by atoms with Crippen molar-refractivity contribution in [3.05, 3.63) is 0 Å². The number of epoxide rings is 1. The van der Waals surface area contributed by atoms with E-state index in [4.69, 9.17) is 4.74 Å². The van der Waals surface area contributed by atoms with Gasteiger partial charge in [-0.05, 0) is 36.5 Å². The molecule has 2 bridgehead atoms. The first kappa shape index (κ1) is 5.98. The number of ether oxygens (including phenoxy) is 1. The van der Waals surface area contributed by atoms with Gasteiger partial charge in [-0.2, -0.15) is 0 Å². The lowest BCUT2D eigenvalue weighted by Crippen LogP contribution is -2.32. The minimum absolute atomic E-state index is 0.706.